The van der Waals surface area contributed by atoms with Gasteiger partial charge in [0.05, 0.1) is 74.9 Å². The van der Waals surface area contributed by atoms with Crippen LogP contribution in [0, 0.1) is 85.9 Å². The number of anilines is 3. The first kappa shape index (κ1) is 103. The molecule has 33 nitrogen and oxygen atoms in total. The van der Waals surface area contributed by atoms with Gasteiger partial charge in [0.1, 0.15) is 40.3 Å². The number of nitrogens with zero attached hydrogens (tertiary/aromatic N) is 11. The topological polar surface area (TPSA) is 461 Å². The Bertz CT molecular complexity index is 8920. The molecule has 0 saturated carbocycles. The molecule has 19 aromatic rings. The molecule has 19 rings (SSSR count). The third-order valence-corrected chi connectivity index (χ3v) is 29.4. The first-order valence-electron chi connectivity index (χ1n) is 41.5. The van der Waals surface area contributed by atoms with E-state index < -0.39 is 142 Å². The van der Waals surface area contributed by atoms with Crippen LogP contribution < -0.4 is 54.4 Å². The smallest absolute Gasteiger partial charge is 0.339 e. The van der Waals surface area contributed by atoms with E-state index in [1.807, 2.05) is 86.6 Å². The van der Waals surface area contributed by atoms with Crippen molar-refractivity contribution in [3.8, 4) is 68.0 Å². The molecule has 6 N–H and O–H groups in total. The Hall–Kier alpha value is -16.1. The fourth-order valence-electron chi connectivity index (χ4n) is 14.2. The van der Waals surface area contributed by atoms with Crippen molar-refractivity contribution in [2.45, 2.75) is 60.4 Å². The van der Waals surface area contributed by atoms with Gasteiger partial charge in [-0.2, -0.15) is 67.9 Å². The molecule has 7 aromatic heterocycles. The zero-order chi connectivity index (χ0) is 104. The number of ether oxygens (including phenoxy) is 2. The van der Waals surface area contributed by atoms with Gasteiger partial charge in [-0.3, -0.25) is 23.9 Å². The molecule has 742 valence electrons. The van der Waals surface area contributed by atoms with Gasteiger partial charge in [0.2, 0.25) is 85.1 Å². The molecule has 0 radical (unpaired) electrons. The number of hydrogen-bond acceptors (Lipinski definition) is 30. The second-order valence-electron chi connectivity index (χ2n) is 30.6. The van der Waals surface area contributed by atoms with Crippen LogP contribution in [0.25, 0.3) is 88.1 Å². The fraction of sp³-hybridized carbons (Fsp3) is 0.0851. The second kappa shape index (κ2) is 43.4. The number of methoxy groups -OCH3 is 2. The highest BCUT2D eigenvalue weighted by Gasteiger charge is 2.36. The first-order chi connectivity index (χ1) is 69.2. The average Bonchev–Trinajstić information content (AvgIpc) is 1.17. The molecule has 0 aliphatic rings. The fourth-order valence-corrected chi connectivity index (χ4v) is 20.5. The molecule has 0 fully saturated rings. The Morgan fingerprint density at radius 2 is 0.697 bits per heavy atom. The lowest BCUT2D eigenvalue weighted by Gasteiger charge is -2.22. The molecular weight excluding hydrogens is 2070 g/mol. The predicted octanol–water partition coefficient (Wildman–Crippen LogP) is 18.2. The lowest BCUT2D eigenvalue weighted by Crippen LogP contribution is -2.30. The van der Waals surface area contributed by atoms with Gasteiger partial charge in [-0.25, -0.2) is 82.8 Å². The van der Waals surface area contributed by atoms with Gasteiger partial charge >= 0.3 is 20.2 Å². The van der Waals surface area contributed by atoms with Crippen molar-refractivity contribution in [2.24, 2.45) is 0 Å². The number of benzene rings is 12. The Morgan fingerprint density at radius 1 is 0.359 bits per heavy atom. The number of nitrogens with one attached hydrogen (secondary N) is 6. The zero-order valence-electron chi connectivity index (χ0n) is 74.8. The number of halogens is 11. The largest absolute Gasteiger partial charge is 0.497 e. The highest BCUT2D eigenvalue weighted by molar-refractivity contribution is 7.93. The molecule has 0 saturated heterocycles. The molecule has 0 atom stereocenters. The summed E-state index contributed by atoms with van der Waals surface area (Å²) >= 11 is 9.28. The number of aromatic nitrogens is 14. The molecule has 12 aromatic carbocycles. The van der Waals surface area contributed by atoms with E-state index in [-0.39, 0.29) is 64.6 Å². The maximum atomic E-state index is 13.9. The van der Waals surface area contributed by atoms with Crippen molar-refractivity contribution in [1.82, 2.24) is 68.9 Å². The molecule has 0 spiro atoms. The third-order valence-electron chi connectivity index (χ3n) is 21.5. The van der Waals surface area contributed by atoms with E-state index in [4.69, 9.17) is 21.1 Å². The zero-order valence-corrected chi connectivity index (χ0v) is 81.3. The van der Waals surface area contributed by atoms with Crippen molar-refractivity contribution < 1.29 is 95.4 Å². The Kier molecular flexibility index (Phi) is 30.9. The summed E-state index contributed by atoms with van der Waals surface area (Å²) in [7, 11) is -15.0. The number of aryl methyl sites for hydroxylation is 4. The molecule has 0 amide bonds. The van der Waals surface area contributed by atoms with E-state index in [9.17, 15) is 96.8 Å². The van der Waals surface area contributed by atoms with Crippen LogP contribution in [-0.4, -0.2) is 117 Å². The summed E-state index contributed by atoms with van der Waals surface area (Å²) in [5.74, 6) is -26.8. The van der Waals surface area contributed by atoms with Crippen molar-refractivity contribution in [1.29, 1.82) is 0 Å². The maximum Gasteiger partial charge on any atom is 0.339 e. The third kappa shape index (κ3) is 22.4. The summed E-state index contributed by atoms with van der Waals surface area (Å²) in [6.45, 7) is 8.22. The molecule has 0 unspecified atom stereocenters. The normalized spacial score (nSPS) is 11.5. The summed E-state index contributed by atoms with van der Waals surface area (Å²) in [6.07, 6.45) is 4.11. The summed E-state index contributed by atoms with van der Waals surface area (Å²) in [5, 5.41) is 32.3. The first-order valence-corrected chi connectivity index (χ1v) is 49.9. The minimum absolute atomic E-state index is 0.0285. The number of H-pyrrole nitrogens is 4. The molecule has 145 heavy (non-hydrogen) atoms. The Morgan fingerprint density at radius 3 is 1.08 bits per heavy atom. The Labute approximate surface area is 829 Å². The van der Waals surface area contributed by atoms with Crippen LogP contribution in [-0.2, 0) is 53.4 Å². The van der Waals surface area contributed by atoms with Crippen LogP contribution in [0.5, 0.6) is 23.0 Å². The monoisotopic (exact) mass is 2140 g/mol. The molecule has 0 aliphatic carbocycles. The van der Waals surface area contributed by atoms with E-state index in [1.54, 1.807) is 113 Å². The summed E-state index contributed by atoms with van der Waals surface area (Å²) in [4.78, 5) is 60.0. The van der Waals surface area contributed by atoms with E-state index in [0.717, 1.165) is 104 Å². The van der Waals surface area contributed by atoms with Crippen molar-refractivity contribution >= 4 is 145 Å². The highest BCUT2D eigenvalue weighted by atomic mass is 35.5. The number of fused-ring (bicyclic) bond motifs is 4. The summed E-state index contributed by atoms with van der Waals surface area (Å²) in [6, 6.07) is 57.1. The van der Waals surface area contributed by atoms with Gasteiger partial charge in [0.15, 0.2) is 0 Å². The second-order valence-corrected chi connectivity index (χ2v) is 40.0. The van der Waals surface area contributed by atoms with Crippen LogP contribution in [0.3, 0.4) is 0 Å². The van der Waals surface area contributed by atoms with E-state index in [0.29, 0.717) is 49.8 Å². The lowest BCUT2D eigenvalue weighted by molar-refractivity contribution is 0.346. The van der Waals surface area contributed by atoms with Crippen LogP contribution in [0.4, 0.5) is 59.3 Å². The van der Waals surface area contributed by atoms with E-state index >= 15 is 0 Å². The number of aromatic amines is 4. The predicted molar refractivity (Wildman–Crippen MR) is 520 cm³/mol. The number of sulfonamides is 2. The number of hydrogen-bond donors (Lipinski definition) is 6. The minimum atomic E-state index is -5.14. The van der Waals surface area contributed by atoms with Crippen molar-refractivity contribution in [3.63, 3.8) is 0 Å². The van der Waals surface area contributed by atoms with Gasteiger partial charge in [0, 0.05) is 90.0 Å². The summed E-state index contributed by atoms with van der Waals surface area (Å²) in [5.41, 5.74) is 7.53. The van der Waals surface area contributed by atoms with Crippen LogP contribution in [0.15, 0.2) is 270 Å². The molecule has 0 bridgehead atoms. The van der Waals surface area contributed by atoms with Crippen LogP contribution >= 0.6 is 46.2 Å². The SMILES string of the molecule is COc1ccc(CN(c2ncns2)S(=O)(=O)c2ccc3c(-c4ccccc4C)n[nH]c(=O)c3c2)cc1.COc1ccc(CNc2ncns2)cc1.Cc1ccc(Cl)cc1-c1n[nH]c(=O)c2cc(S(=O)(=O)Oc3c(F)c(F)c(F)c(F)c3F)ccc12.Cc1ccccc1-c1n[nH]c(=O)c2cc(S(=O)(=O)Nc3ncns3)ccc12.Cc1ccccc1-c1n[nH]c(=O)c2cc(S(=O)(=O)Oc3c(F)c(F)c(F)c(F)c3F)ccc12. The Balaban J connectivity index is 0.000000139. The summed E-state index contributed by atoms with van der Waals surface area (Å²) < 4.78 is 273. The average molecular weight is 2140 g/mol. The number of rotatable bonds is 23. The van der Waals surface area contributed by atoms with Crippen LogP contribution in [0.2, 0.25) is 5.02 Å². The highest BCUT2D eigenvalue weighted by Crippen LogP contribution is 2.40. The van der Waals surface area contributed by atoms with Gasteiger partial charge in [0.25, 0.3) is 42.3 Å². The molecule has 7 heterocycles. The quantitative estimate of drug-likeness (QED) is 0.0150. The van der Waals surface area contributed by atoms with Gasteiger partial charge < -0.3 is 23.2 Å². The van der Waals surface area contributed by atoms with Crippen molar-refractivity contribution in [3.05, 3.63) is 369 Å². The molecular formula is C94H66ClF10N17O16S7. The molecule has 0 aliphatic heterocycles. The molecule has 51 heteroatoms. The van der Waals surface area contributed by atoms with E-state index in [2.05, 4.69) is 87.3 Å². The van der Waals surface area contributed by atoms with Crippen LogP contribution in [0.1, 0.15) is 33.4 Å². The van der Waals surface area contributed by atoms with Gasteiger partial charge in [-0.1, -0.05) is 139 Å². The van der Waals surface area contributed by atoms with Crippen molar-refractivity contribution in [2.75, 3.05) is 28.6 Å². The van der Waals surface area contributed by atoms with Gasteiger partial charge in [-0.15, -0.1) is 0 Å². The van der Waals surface area contributed by atoms with Gasteiger partial charge in [-0.05, 0) is 146 Å². The lowest BCUT2D eigenvalue weighted by atomic mass is 10.0. The maximum absolute atomic E-state index is 13.9. The minimum Gasteiger partial charge on any atom is -0.497 e. The standard InChI is InChI=1S/C25H21N5O4S2.C21H10ClF5N2O4S.C21H11F5N2O4S.C17H13N5O3S2.C10H11N3OS/c1-16-5-3-4-6-20(16)23-21-12-11-19(13-22(21)24(31)29-28-23)36(32,33)30(25-26-15-27-35-25)14-17-7-9-18(34-2)10-8-17;1-8-2-3-9(22)6-12(8)19-11-5-4-10(7-13(11)21(30)29-28-19)34(31,32)33-20-17(26)15(24)14(23)16(25)18(20)27;1-9-4-2-3-5-11(9)19-12-7-6-10(8-13(12)21(29)28-27-19)33(30,31)32-20-17(25)15(23)14(22)16(24)18(20)26;1-10-4-2-3-5-12(10)15-13-7-6-11(8-14(13)16(23)21-20-15)27(24,25)22-17-18-9-19-26-17;1-14-9-4-2-8(3-5-9)6-11-10-12-7-13-15-10/h3-13,15H,14H2,1-2H3,(H,29,31);2-7H,1H3,(H,29,30);2-8H,1H3,(H,28,29);2-9H,1H3,(H,21,23)(H,18,19,22);2-5,7H,6H2,1H3,(H,11,12,13). The van der Waals surface area contributed by atoms with E-state index in [1.165, 1.54) is 70.5 Å².